The van der Waals surface area contributed by atoms with Gasteiger partial charge in [0.1, 0.15) is 5.69 Å². The molecule has 0 saturated heterocycles. The molecule has 4 nitrogen and oxygen atoms in total. The zero-order valence-electron chi connectivity index (χ0n) is 3.28. The fourth-order valence-corrected chi connectivity index (χ4v) is 0.134. The van der Waals surface area contributed by atoms with Crippen LogP contribution in [0.4, 0.5) is 0 Å². The third-order valence-electron chi connectivity index (χ3n) is 0.200. The predicted molar refractivity (Wildman–Crippen MR) is 28.2 cm³/mol. The predicted octanol–water partition coefficient (Wildman–Crippen LogP) is 0.264. The maximum atomic E-state index is 10.0. The fourth-order valence-electron chi connectivity index (χ4n) is 0.0149. The van der Waals surface area contributed by atoms with Gasteiger partial charge in [0.2, 0.25) is 0 Å². The first kappa shape index (κ1) is 12.1. The van der Waals surface area contributed by atoms with Crippen molar-refractivity contribution in [1.82, 2.24) is 0 Å². The van der Waals surface area contributed by atoms with Crippen molar-refractivity contribution in [2.75, 3.05) is 0 Å². The Bertz CT molecular complexity index is 86.0. The summed E-state index contributed by atoms with van der Waals surface area (Å²) in [6, 6.07) is 0. The largest absolute Gasteiger partial charge is 1.00 e. The molecule has 0 saturated carbocycles. The third-order valence-corrected chi connectivity index (χ3v) is 2.20. The monoisotopic (exact) mass is 224 g/mol. The van der Waals surface area contributed by atoms with Crippen molar-refractivity contribution >= 4 is 29.2 Å². The topological polar surface area (TPSA) is 72.8 Å². The van der Waals surface area contributed by atoms with Crippen molar-refractivity contribution < 1.29 is 36.4 Å². The summed E-state index contributed by atoms with van der Waals surface area (Å²) >= 11 is 3.77. The molecule has 0 spiro atoms. The summed E-state index contributed by atoms with van der Waals surface area (Å²) in [6.07, 6.45) is 0. The average Bonchev–Trinajstić information content (AvgIpc) is 1.68. The zero-order valence-corrected chi connectivity index (χ0v) is 6.75. The van der Waals surface area contributed by atoms with E-state index in [0.29, 0.717) is 0 Å². The standard InChI is InChI=1S/Cu.H3O4PS2/c;1-4-5(2,6)7-3/h;1,3H,(H,2,6)/q+1;/p-1. The number of rotatable bonds is 2. The van der Waals surface area contributed by atoms with Gasteiger partial charge in [-0.05, 0) is 0 Å². The first-order valence-corrected chi connectivity index (χ1v) is 5.11. The Morgan fingerprint density at radius 1 is 1.75 bits per heavy atom. The van der Waals surface area contributed by atoms with Gasteiger partial charge in [0.15, 0.2) is 0 Å². The maximum Gasteiger partial charge on any atom is 1.00 e. The Hall–Kier alpha value is 1.36. The molecule has 0 rings (SSSR count). The minimum atomic E-state index is -3.54. The Morgan fingerprint density at radius 3 is 2.12 bits per heavy atom. The molecular weight excluding hydrogens is 223 g/mol. The van der Waals surface area contributed by atoms with E-state index in [9.17, 15) is 4.89 Å². The molecule has 0 fully saturated rings. The first-order valence-electron chi connectivity index (χ1n) is 1.10. The summed E-state index contributed by atoms with van der Waals surface area (Å²) in [4.78, 5) is 10.0. The summed E-state index contributed by atoms with van der Waals surface area (Å²) < 4.78 is 11.0. The van der Waals surface area contributed by atoms with Crippen LogP contribution in [0.2, 0.25) is 0 Å². The molecule has 1 atom stereocenters. The van der Waals surface area contributed by atoms with Crippen molar-refractivity contribution in [1.29, 1.82) is 0 Å². The summed E-state index contributed by atoms with van der Waals surface area (Å²) in [5.74, 6) is 0. The molecule has 0 amide bonds. The van der Waals surface area contributed by atoms with E-state index in [1.165, 1.54) is 0 Å². The number of hydrogen-bond donors (Lipinski definition) is 2. The Labute approximate surface area is 65.8 Å². The van der Waals surface area contributed by atoms with E-state index < -0.39 is 5.69 Å². The van der Waals surface area contributed by atoms with Gasteiger partial charge >= 0.3 is 17.1 Å². The third kappa shape index (κ3) is 5.50. The van der Waals surface area contributed by atoms with Gasteiger partial charge in [-0.25, -0.2) is 9.93 Å². The molecule has 0 aliphatic heterocycles. The van der Waals surface area contributed by atoms with Crippen LogP contribution in [0.25, 0.3) is 0 Å². The molecule has 0 aromatic rings. The molecule has 0 heterocycles. The molecular formula is H2CuO4PS2. The SMILES string of the molecule is [Cu+].[O-]P(=S)(OO)SO. The quantitative estimate of drug-likeness (QED) is 0.231. The average molecular weight is 225 g/mol. The van der Waals surface area contributed by atoms with E-state index in [1.807, 2.05) is 0 Å². The Morgan fingerprint density at radius 2 is 2.12 bits per heavy atom. The second-order valence-corrected chi connectivity index (χ2v) is 5.90. The molecule has 0 bridgehead atoms. The minimum Gasteiger partial charge on any atom is -0.789 e. The molecule has 0 aliphatic rings. The van der Waals surface area contributed by atoms with Gasteiger partial charge in [0.05, 0.1) is 0 Å². The van der Waals surface area contributed by atoms with E-state index >= 15 is 0 Å². The van der Waals surface area contributed by atoms with Crippen LogP contribution >= 0.6 is 17.4 Å². The van der Waals surface area contributed by atoms with E-state index in [1.54, 1.807) is 0 Å². The molecule has 2 N–H and O–H groups in total. The van der Waals surface area contributed by atoms with Crippen LogP contribution in [0, 0.1) is 0 Å². The molecule has 54 valence electrons. The minimum absolute atomic E-state index is 0. The Kier molecular flexibility index (Phi) is 7.80. The van der Waals surface area contributed by atoms with Crippen LogP contribution in [-0.2, 0) is 33.5 Å². The van der Waals surface area contributed by atoms with Crippen LogP contribution in [0.15, 0.2) is 0 Å². The van der Waals surface area contributed by atoms with Crippen molar-refractivity contribution in [3.8, 4) is 0 Å². The Balaban J connectivity index is 0. The van der Waals surface area contributed by atoms with E-state index in [4.69, 9.17) is 9.81 Å². The van der Waals surface area contributed by atoms with Crippen LogP contribution in [-0.4, -0.2) is 9.81 Å². The van der Waals surface area contributed by atoms with E-state index in [2.05, 4.69) is 16.5 Å². The van der Waals surface area contributed by atoms with Gasteiger partial charge in [-0.3, -0.25) is 0 Å². The smallest absolute Gasteiger partial charge is 0.789 e. The van der Waals surface area contributed by atoms with Gasteiger partial charge in [0.25, 0.3) is 0 Å². The second kappa shape index (κ2) is 5.17. The van der Waals surface area contributed by atoms with Gasteiger partial charge in [0, 0.05) is 11.7 Å². The van der Waals surface area contributed by atoms with E-state index in [0.717, 1.165) is 0 Å². The molecule has 0 aromatic heterocycles. The molecule has 8 heavy (non-hydrogen) atoms. The summed E-state index contributed by atoms with van der Waals surface area (Å²) in [7, 11) is 0. The first-order chi connectivity index (χ1) is 3.12. The molecule has 8 heteroatoms. The second-order valence-electron chi connectivity index (χ2n) is 0.611. The van der Waals surface area contributed by atoms with Crippen LogP contribution < -0.4 is 4.89 Å². The van der Waals surface area contributed by atoms with Gasteiger partial charge in [-0.2, -0.15) is 0 Å². The van der Waals surface area contributed by atoms with Crippen molar-refractivity contribution in [3.05, 3.63) is 0 Å². The molecule has 0 radical (unpaired) electrons. The van der Waals surface area contributed by atoms with Crippen LogP contribution in [0.1, 0.15) is 0 Å². The normalized spacial score (nSPS) is 16.4. The van der Waals surface area contributed by atoms with Gasteiger partial charge in [-0.1, -0.05) is 11.8 Å². The fraction of sp³-hybridized carbons (Fsp3) is 0. The summed E-state index contributed by atoms with van der Waals surface area (Å²) in [5.41, 5.74) is -3.54. The number of hydrogen-bond acceptors (Lipinski definition) is 6. The van der Waals surface area contributed by atoms with Gasteiger partial charge in [-0.15, -0.1) is 0 Å². The molecule has 0 aliphatic carbocycles. The molecule has 0 aromatic carbocycles. The maximum absolute atomic E-state index is 10.0. The molecule has 1 unspecified atom stereocenters. The van der Waals surface area contributed by atoms with Gasteiger partial charge < -0.3 is 9.45 Å². The van der Waals surface area contributed by atoms with Crippen molar-refractivity contribution in [3.63, 3.8) is 0 Å². The van der Waals surface area contributed by atoms with Crippen molar-refractivity contribution in [2.45, 2.75) is 0 Å². The van der Waals surface area contributed by atoms with Crippen LogP contribution in [0.5, 0.6) is 0 Å². The summed E-state index contributed by atoms with van der Waals surface area (Å²) in [5, 5.41) is 7.55. The van der Waals surface area contributed by atoms with Crippen LogP contribution in [0.3, 0.4) is 0 Å². The zero-order chi connectivity index (χ0) is 5.91. The van der Waals surface area contributed by atoms with Crippen molar-refractivity contribution in [2.24, 2.45) is 0 Å². The van der Waals surface area contributed by atoms with E-state index in [-0.39, 0.29) is 28.7 Å². The summed E-state index contributed by atoms with van der Waals surface area (Å²) in [6.45, 7) is 0.